The lowest BCUT2D eigenvalue weighted by Gasteiger charge is -2.14. The molecule has 0 aliphatic carbocycles. The molecule has 0 saturated heterocycles. The zero-order chi connectivity index (χ0) is 22.5. The molecule has 0 aliphatic heterocycles. The molecule has 0 heterocycles. The van der Waals surface area contributed by atoms with E-state index in [1.807, 2.05) is 4.83 Å². The number of halogens is 1. The fraction of sp³-hybridized carbons (Fsp3) is 0.278. The van der Waals surface area contributed by atoms with Gasteiger partial charge in [-0.1, -0.05) is 11.6 Å². The first-order valence-electron chi connectivity index (χ1n) is 8.50. The molecule has 2 aromatic rings. The topological polar surface area (TPSA) is 129 Å². The van der Waals surface area contributed by atoms with Crippen LogP contribution in [0.5, 0.6) is 17.2 Å². The maximum absolute atomic E-state index is 12.5. The fourth-order valence-electron chi connectivity index (χ4n) is 2.40. The molecule has 30 heavy (non-hydrogen) atoms. The number of sulfonamides is 1. The van der Waals surface area contributed by atoms with Crippen LogP contribution in [0.4, 0.5) is 5.69 Å². The van der Waals surface area contributed by atoms with Crippen LogP contribution in [-0.2, 0) is 10.0 Å². The van der Waals surface area contributed by atoms with Crippen molar-refractivity contribution in [3.63, 3.8) is 0 Å². The number of nitro groups is 1. The van der Waals surface area contributed by atoms with Crippen LogP contribution in [0, 0.1) is 10.1 Å². The Balaban J connectivity index is 2.37. The van der Waals surface area contributed by atoms with Crippen LogP contribution in [0.3, 0.4) is 0 Å². The summed E-state index contributed by atoms with van der Waals surface area (Å²) in [6, 6.07) is 6.72. The van der Waals surface area contributed by atoms with Crippen molar-refractivity contribution in [2.45, 2.75) is 24.8 Å². The Morgan fingerprint density at radius 1 is 1.17 bits per heavy atom. The van der Waals surface area contributed by atoms with Crippen molar-refractivity contribution in [3.8, 4) is 17.2 Å². The molecule has 0 aliphatic rings. The molecule has 162 valence electrons. The van der Waals surface area contributed by atoms with Crippen LogP contribution in [0.15, 0.2) is 40.3 Å². The van der Waals surface area contributed by atoms with Crippen molar-refractivity contribution >= 4 is 33.5 Å². The van der Waals surface area contributed by atoms with Gasteiger partial charge < -0.3 is 14.2 Å². The lowest BCUT2D eigenvalue weighted by Crippen LogP contribution is -2.19. The third-order valence-electron chi connectivity index (χ3n) is 3.63. The summed E-state index contributed by atoms with van der Waals surface area (Å²) in [5.74, 6) is 0.159. The van der Waals surface area contributed by atoms with E-state index in [1.165, 1.54) is 44.6 Å². The zero-order valence-corrected chi connectivity index (χ0v) is 18.2. The Morgan fingerprint density at radius 2 is 1.83 bits per heavy atom. The smallest absolute Gasteiger partial charge is 0.315 e. The van der Waals surface area contributed by atoms with Gasteiger partial charge in [0.15, 0.2) is 5.75 Å². The third-order valence-corrected chi connectivity index (χ3v) is 5.11. The molecular weight excluding hydrogens is 438 g/mol. The van der Waals surface area contributed by atoms with E-state index in [4.69, 9.17) is 25.8 Å². The number of nitrogens with zero attached hydrogens (tertiary/aromatic N) is 2. The van der Waals surface area contributed by atoms with E-state index in [-0.39, 0.29) is 44.5 Å². The summed E-state index contributed by atoms with van der Waals surface area (Å²) in [4.78, 5) is 12.6. The summed E-state index contributed by atoms with van der Waals surface area (Å²) < 4.78 is 40.7. The number of methoxy groups -OCH3 is 2. The van der Waals surface area contributed by atoms with E-state index in [9.17, 15) is 18.5 Å². The molecular formula is C18H20ClN3O7S. The number of nitrogens with one attached hydrogen (secondary N) is 1. The van der Waals surface area contributed by atoms with E-state index >= 15 is 0 Å². The molecule has 0 amide bonds. The monoisotopic (exact) mass is 457 g/mol. The summed E-state index contributed by atoms with van der Waals surface area (Å²) in [5.41, 5.74) is -0.126. The van der Waals surface area contributed by atoms with Crippen LogP contribution in [0.2, 0.25) is 5.02 Å². The number of nitro benzene ring substituents is 1. The predicted molar refractivity (Wildman–Crippen MR) is 111 cm³/mol. The van der Waals surface area contributed by atoms with E-state index < -0.39 is 14.9 Å². The highest BCUT2D eigenvalue weighted by Crippen LogP contribution is 2.38. The van der Waals surface area contributed by atoms with Gasteiger partial charge in [-0.25, -0.2) is 0 Å². The minimum Gasteiger partial charge on any atom is -0.495 e. The number of hydrogen-bond donors (Lipinski definition) is 1. The molecule has 2 rings (SSSR count). The van der Waals surface area contributed by atoms with Crippen molar-refractivity contribution in [1.82, 2.24) is 4.83 Å². The Hall–Kier alpha value is -3.05. The van der Waals surface area contributed by atoms with Gasteiger partial charge in [0, 0.05) is 16.7 Å². The SMILES string of the molecule is COc1ccc(Cl)cc1S(=O)(=O)N/N=C/c1cc(OC)c(OC(C)C)c([N+](=O)[O-])c1. The molecule has 1 N–H and O–H groups in total. The van der Waals surface area contributed by atoms with Gasteiger partial charge in [-0.3, -0.25) is 10.1 Å². The second-order valence-electron chi connectivity index (χ2n) is 6.14. The van der Waals surface area contributed by atoms with Crippen LogP contribution in [0.25, 0.3) is 0 Å². The second kappa shape index (κ2) is 9.63. The van der Waals surface area contributed by atoms with Crippen LogP contribution in [0.1, 0.15) is 19.4 Å². The quantitative estimate of drug-likeness (QED) is 0.347. The molecule has 12 heteroatoms. The van der Waals surface area contributed by atoms with Gasteiger partial charge in [-0.15, -0.1) is 0 Å². The molecule has 0 fully saturated rings. The van der Waals surface area contributed by atoms with E-state index in [0.717, 1.165) is 6.21 Å². The molecule has 10 nitrogen and oxygen atoms in total. The average Bonchev–Trinajstić information content (AvgIpc) is 2.67. The number of rotatable bonds is 9. The first kappa shape index (κ1) is 23.2. The Kier molecular flexibility index (Phi) is 7.46. The van der Waals surface area contributed by atoms with Crippen molar-refractivity contribution in [2.75, 3.05) is 14.2 Å². The first-order valence-corrected chi connectivity index (χ1v) is 10.4. The van der Waals surface area contributed by atoms with E-state index in [2.05, 4.69) is 5.10 Å². The van der Waals surface area contributed by atoms with Crippen LogP contribution < -0.4 is 19.0 Å². The van der Waals surface area contributed by atoms with Crippen molar-refractivity contribution in [2.24, 2.45) is 5.10 Å². The van der Waals surface area contributed by atoms with Gasteiger partial charge in [-0.2, -0.15) is 18.4 Å². The van der Waals surface area contributed by atoms with E-state index in [1.54, 1.807) is 13.8 Å². The molecule has 0 radical (unpaired) electrons. The van der Waals surface area contributed by atoms with Crippen molar-refractivity contribution in [3.05, 3.63) is 51.0 Å². The highest BCUT2D eigenvalue weighted by atomic mass is 35.5. The largest absolute Gasteiger partial charge is 0.495 e. The molecule has 0 bridgehead atoms. The summed E-state index contributed by atoms with van der Waals surface area (Å²) in [7, 11) is -1.46. The number of ether oxygens (including phenoxy) is 3. The Labute approximate surface area is 178 Å². The Bertz CT molecular complexity index is 1070. The lowest BCUT2D eigenvalue weighted by atomic mass is 10.2. The minimum atomic E-state index is -4.11. The highest BCUT2D eigenvalue weighted by Gasteiger charge is 2.23. The number of benzene rings is 2. The third kappa shape index (κ3) is 5.51. The molecule has 0 saturated carbocycles. The normalized spacial score (nSPS) is 11.5. The summed E-state index contributed by atoms with van der Waals surface area (Å²) in [5, 5.41) is 15.3. The summed E-state index contributed by atoms with van der Waals surface area (Å²) >= 11 is 5.87. The van der Waals surface area contributed by atoms with Gasteiger partial charge in [-0.05, 0) is 38.1 Å². The number of hydrazone groups is 1. The van der Waals surface area contributed by atoms with Gasteiger partial charge in [0.1, 0.15) is 10.6 Å². The lowest BCUT2D eigenvalue weighted by molar-refractivity contribution is -0.386. The van der Waals surface area contributed by atoms with E-state index in [0.29, 0.717) is 0 Å². The van der Waals surface area contributed by atoms with Crippen LogP contribution in [-0.4, -0.2) is 39.9 Å². The number of hydrogen-bond acceptors (Lipinski definition) is 8. The molecule has 0 atom stereocenters. The minimum absolute atomic E-state index is 0.0288. The van der Waals surface area contributed by atoms with Crippen LogP contribution >= 0.6 is 11.6 Å². The maximum atomic E-state index is 12.5. The standard InChI is InChI=1S/C18H20ClN3O7S/c1-11(2)29-18-14(22(23)24)7-12(8-16(18)28-4)10-20-21-30(25,26)17-9-13(19)5-6-15(17)27-3/h5-11,21H,1-4H3/b20-10+. The highest BCUT2D eigenvalue weighted by molar-refractivity contribution is 7.89. The Morgan fingerprint density at radius 3 is 2.40 bits per heavy atom. The molecule has 0 aromatic heterocycles. The van der Waals surface area contributed by atoms with Crippen molar-refractivity contribution in [1.29, 1.82) is 0 Å². The predicted octanol–water partition coefficient (Wildman–Crippen LogP) is 3.37. The molecule has 2 aromatic carbocycles. The molecule has 0 spiro atoms. The average molecular weight is 458 g/mol. The molecule has 0 unspecified atom stereocenters. The first-order chi connectivity index (χ1) is 14.1. The fourth-order valence-corrected chi connectivity index (χ4v) is 3.63. The zero-order valence-electron chi connectivity index (χ0n) is 16.6. The van der Waals surface area contributed by atoms with Gasteiger partial charge in [0.25, 0.3) is 10.0 Å². The van der Waals surface area contributed by atoms with Crippen molar-refractivity contribution < 1.29 is 27.6 Å². The van der Waals surface area contributed by atoms with Gasteiger partial charge >= 0.3 is 5.69 Å². The second-order valence-corrected chi connectivity index (χ2v) is 8.21. The van der Waals surface area contributed by atoms with Gasteiger partial charge in [0.05, 0.1) is 31.5 Å². The summed E-state index contributed by atoms with van der Waals surface area (Å²) in [6.07, 6.45) is 0.778. The van der Waals surface area contributed by atoms with Gasteiger partial charge in [0.2, 0.25) is 5.75 Å². The summed E-state index contributed by atoms with van der Waals surface area (Å²) in [6.45, 7) is 3.44. The maximum Gasteiger partial charge on any atom is 0.315 e.